The van der Waals surface area contributed by atoms with Gasteiger partial charge in [-0.1, -0.05) is 29.8 Å². The number of nitrogens with zero attached hydrogens (tertiary/aromatic N) is 1. The second-order valence-corrected chi connectivity index (χ2v) is 6.12. The molecule has 1 fully saturated rings. The van der Waals surface area contributed by atoms with Crippen LogP contribution in [0.15, 0.2) is 48.5 Å². The molecule has 0 bridgehead atoms. The van der Waals surface area contributed by atoms with Crippen LogP contribution in [0, 0.1) is 5.82 Å². The summed E-state index contributed by atoms with van der Waals surface area (Å²) in [6.45, 7) is 0.220. The Bertz CT molecular complexity index is 782. The van der Waals surface area contributed by atoms with Crippen molar-refractivity contribution in [2.24, 2.45) is 0 Å². The molecule has 2 aromatic rings. The summed E-state index contributed by atoms with van der Waals surface area (Å²) < 4.78 is 18.3. The zero-order valence-corrected chi connectivity index (χ0v) is 14.0. The first-order valence-electron chi connectivity index (χ1n) is 7.71. The molecule has 3 rings (SSSR count). The van der Waals surface area contributed by atoms with E-state index in [1.807, 2.05) is 0 Å². The predicted octanol–water partition coefficient (Wildman–Crippen LogP) is 2.85. The Morgan fingerprint density at radius 2 is 2.04 bits per heavy atom. The van der Waals surface area contributed by atoms with Gasteiger partial charge in [-0.25, -0.2) is 4.39 Å². The lowest BCUT2D eigenvalue weighted by Crippen LogP contribution is -2.54. The number of ether oxygens (including phenoxy) is 1. The van der Waals surface area contributed by atoms with E-state index >= 15 is 0 Å². The van der Waals surface area contributed by atoms with E-state index in [0.717, 1.165) is 5.56 Å². The fourth-order valence-corrected chi connectivity index (χ4v) is 2.79. The standard InChI is InChI=1S/C18H16ClFN2O3/c19-13-2-1-3-15(8-13)21-18(24)16-10-25-11-17(23)22(16)9-12-4-6-14(20)7-5-12/h1-8,16H,9-11H2,(H,21,24)/t16-/m0/s1. The Labute approximate surface area is 149 Å². The Hall–Kier alpha value is -2.44. The summed E-state index contributed by atoms with van der Waals surface area (Å²) in [4.78, 5) is 26.2. The summed E-state index contributed by atoms with van der Waals surface area (Å²) in [5.74, 6) is -1.01. The van der Waals surface area contributed by atoms with Crippen molar-refractivity contribution in [3.8, 4) is 0 Å². The van der Waals surface area contributed by atoms with E-state index in [1.165, 1.54) is 17.0 Å². The number of hydrogen-bond donors (Lipinski definition) is 1. The highest BCUT2D eigenvalue weighted by molar-refractivity contribution is 6.30. The van der Waals surface area contributed by atoms with Gasteiger partial charge >= 0.3 is 0 Å². The lowest BCUT2D eigenvalue weighted by Gasteiger charge is -2.34. The molecule has 1 aliphatic heterocycles. The minimum atomic E-state index is -0.773. The SMILES string of the molecule is O=C(Nc1cccc(Cl)c1)[C@@H]1COCC(=O)N1Cc1ccc(F)cc1. The van der Waals surface area contributed by atoms with Gasteiger partial charge in [0.15, 0.2) is 0 Å². The highest BCUT2D eigenvalue weighted by Crippen LogP contribution is 2.18. The van der Waals surface area contributed by atoms with Gasteiger partial charge in [0, 0.05) is 17.3 Å². The van der Waals surface area contributed by atoms with Crippen LogP contribution in [-0.4, -0.2) is 36.0 Å². The summed E-state index contributed by atoms with van der Waals surface area (Å²) in [7, 11) is 0. The summed E-state index contributed by atoms with van der Waals surface area (Å²) in [5, 5.41) is 3.24. The largest absolute Gasteiger partial charge is 0.369 e. The average molecular weight is 363 g/mol. The molecule has 0 spiro atoms. The summed E-state index contributed by atoms with van der Waals surface area (Å²) in [6, 6.07) is 11.8. The third kappa shape index (κ3) is 4.35. The monoisotopic (exact) mass is 362 g/mol. The number of carbonyl (C=O) groups is 2. The second kappa shape index (κ2) is 7.63. The smallest absolute Gasteiger partial charge is 0.249 e. The van der Waals surface area contributed by atoms with Gasteiger partial charge in [-0.2, -0.15) is 0 Å². The number of morpholine rings is 1. The Kier molecular flexibility index (Phi) is 5.31. The number of carbonyl (C=O) groups excluding carboxylic acids is 2. The molecular weight excluding hydrogens is 347 g/mol. The van der Waals surface area contributed by atoms with Crippen molar-refractivity contribution in [3.63, 3.8) is 0 Å². The Morgan fingerprint density at radius 1 is 1.28 bits per heavy atom. The second-order valence-electron chi connectivity index (χ2n) is 5.68. The van der Waals surface area contributed by atoms with Crippen LogP contribution in [0.1, 0.15) is 5.56 Å². The molecule has 1 aliphatic rings. The highest BCUT2D eigenvalue weighted by Gasteiger charge is 2.34. The fraction of sp³-hybridized carbons (Fsp3) is 0.222. The van der Waals surface area contributed by atoms with Gasteiger partial charge < -0.3 is 15.0 Å². The number of benzene rings is 2. The van der Waals surface area contributed by atoms with Crippen LogP contribution in [0.25, 0.3) is 0 Å². The van der Waals surface area contributed by atoms with E-state index in [4.69, 9.17) is 16.3 Å². The number of anilines is 1. The van der Waals surface area contributed by atoms with E-state index in [1.54, 1.807) is 36.4 Å². The summed E-state index contributed by atoms with van der Waals surface area (Å²) in [5.41, 5.74) is 1.27. The predicted molar refractivity (Wildman–Crippen MR) is 91.6 cm³/mol. The number of halogens is 2. The van der Waals surface area contributed by atoms with E-state index in [9.17, 15) is 14.0 Å². The Morgan fingerprint density at radius 3 is 2.76 bits per heavy atom. The molecule has 0 unspecified atom stereocenters. The number of nitrogens with one attached hydrogen (secondary N) is 1. The van der Waals surface area contributed by atoms with Crippen molar-refractivity contribution in [2.45, 2.75) is 12.6 Å². The third-order valence-corrected chi connectivity index (χ3v) is 4.09. The molecule has 130 valence electrons. The van der Waals surface area contributed by atoms with Crippen LogP contribution < -0.4 is 5.32 Å². The van der Waals surface area contributed by atoms with Crippen LogP contribution in [-0.2, 0) is 20.9 Å². The van der Waals surface area contributed by atoms with Gasteiger partial charge in [-0.3, -0.25) is 9.59 Å². The van der Waals surface area contributed by atoms with Gasteiger partial charge in [-0.05, 0) is 35.9 Å². The van der Waals surface area contributed by atoms with Gasteiger partial charge in [0.2, 0.25) is 11.8 Å². The molecule has 2 aromatic carbocycles. The van der Waals surface area contributed by atoms with Crippen molar-refractivity contribution < 1.29 is 18.7 Å². The normalized spacial score (nSPS) is 17.4. The van der Waals surface area contributed by atoms with E-state index in [-0.39, 0.29) is 37.4 Å². The van der Waals surface area contributed by atoms with Crippen LogP contribution in [0.2, 0.25) is 5.02 Å². The molecule has 1 atom stereocenters. The molecule has 1 N–H and O–H groups in total. The maximum atomic E-state index is 13.0. The van der Waals surface area contributed by atoms with E-state index in [0.29, 0.717) is 10.7 Å². The van der Waals surface area contributed by atoms with Crippen LogP contribution in [0.5, 0.6) is 0 Å². The van der Waals surface area contributed by atoms with Gasteiger partial charge in [-0.15, -0.1) is 0 Å². The van der Waals surface area contributed by atoms with Crippen molar-refractivity contribution in [2.75, 3.05) is 18.5 Å². The van der Waals surface area contributed by atoms with Crippen molar-refractivity contribution in [1.29, 1.82) is 0 Å². The Balaban J connectivity index is 1.75. The van der Waals surface area contributed by atoms with Gasteiger partial charge in [0.05, 0.1) is 6.61 Å². The van der Waals surface area contributed by atoms with E-state index in [2.05, 4.69) is 5.32 Å². The maximum Gasteiger partial charge on any atom is 0.249 e. The summed E-state index contributed by atoms with van der Waals surface area (Å²) >= 11 is 5.91. The van der Waals surface area contributed by atoms with Crippen molar-refractivity contribution >= 4 is 29.1 Å². The molecule has 0 radical (unpaired) electrons. The summed E-state index contributed by atoms with van der Waals surface area (Å²) in [6.07, 6.45) is 0. The fourth-order valence-electron chi connectivity index (χ4n) is 2.60. The van der Waals surface area contributed by atoms with Crippen LogP contribution >= 0.6 is 11.6 Å². The third-order valence-electron chi connectivity index (χ3n) is 3.86. The molecule has 1 saturated heterocycles. The number of amides is 2. The minimum absolute atomic E-state index is 0.0812. The molecule has 5 nitrogen and oxygen atoms in total. The minimum Gasteiger partial charge on any atom is -0.369 e. The molecule has 25 heavy (non-hydrogen) atoms. The van der Waals surface area contributed by atoms with Crippen LogP contribution in [0.4, 0.5) is 10.1 Å². The molecule has 0 aromatic heterocycles. The lowest BCUT2D eigenvalue weighted by molar-refractivity contribution is -0.154. The van der Waals surface area contributed by atoms with Gasteiger partial charge in [0.1, 0.15) is 18.5 Å². The first-order chi connectivity index (χ1) is 12.0. The van der Waals surface area contributed by atoms with Crippen LogP contribution in [0.3, 0.4) is 0 Å². The van der Waals surface area contributed by atoms with E-state index < -0.39 is 6.04 Å². The topological polar surface area (TPSA) is 58.6 Å². The zero-order valence-electron chi connectivity index (χ0n) is 13.2. The highest BCUT2D eigenvalue weighted by atomic mass is 35.5. The molecule has 1 heterocycles. The number of rotatable bonds is 4. The first-order valence-corrected chi connectivity index (χ1v) is 8.09. The average Bonchev–Trinajstić information content (AvgIpc) is 2.58. The lowest BCUT2D eigenvalue weighted by atomic mass is 10.1. The quantitative estimate of drug-likeness (QED) is 0.909. The van der Waals surface area contributed by atoms with Crippen molar-refractivity contribution in [3.05, 3.63) is 64.9 Å². The number of hydrogen-bond acceptors (Lipinski definition) is 3. The molecule has 0 aliphatic carbocycles. The first kappa shape index (κ1) is 17.4. The molecule has 0 saturated carbocycles. The molecule has 7 heteroatoms. The van der Waals surface area contributed by atoms with Gasteiger partial charge in [0.25, 0.3) is 0 Å². The maximum absolute atomic E-state index is 13.0. The van der Waals surface area contributed by atoms with Crippen molar-refractivity contribution in [1.82, 2.24) is 4.90 Å². The zero-order chi connectivity index (χ0) is 17.8. The molecule has 2 amide bonds. The molecular formula is C18H16ClFN2O3.